The third-order valence-electron chi connectivity index (χ3n) is 4.92. The first kappa shape index (κ1) is 21.0. The van der Waals surface area contributed by atoms with Gasteiger partial charge in [-0.2, -0.15) is 0 Å². The lowest BCUT2D eigenvalue weighted by atomic mass is 10.0. The number of ether oxygens (including phenoxy) is 2. The van der Waals surface area contributed by atoms with Crippen molar-refractivity contribution in [2.24, 2.45) is 4.99 Å². The fourth-order valence-corrected chi connectivity index (χ4v) is 3.37. The number of halogens is 1. The minimum atomic E-state index is -0.231. The first-order chi connectivity index (χ1) is 14.2. The van der Waals surface area contributed by atoms with Crippen molar-refractivity contribution in [2.75, 3.05) is 47.0 Å². The molecule has 0 aliphatic carbocycles. The molecule has 1 fully saturated rings. The molecule has 156 valence electrons. The van der Waals surface area contributed by atoms with Crippen LogP contribution < -0.4 is 15.4 Å². The van der Waals surface area contributed by atoms with Gasteiger partial charge in [-0.1, -0.05) is 18.2 Å². The average Bonchev–Trinajstić information content (AvgIpc) is 2.78. The van der Waals surface area contributed by atoms with E-state index in [1.54, 1.807) is 20.4 Å². The Labute approximate surface area is 170 Å². The van der Waals surface area contributed by atoms with Gasteiger partial charge in [0.1, 0.15) is 5.82 Å². The van der Waals surface area contributed by atoms with Crippen LogP contribution in [0.25, 0.3) is 0 Å². The second-order valence-electron chi connectivity index (χ2n) is 6.69. The van der Waals surface area contributed by atoms with E-state index < -0.39 is 0 Å². The Morgan fingerprint density at radius 1 is 1.24 bits per heavy atom. The Morgan fingerprint density at radius 2 is 2.00 bits per heavy atom. The zero-order valence-corrected chi connectivity index (χ0v) is 16.9. The van der Waals surface area contributed by atoms with Crippen LogP contribution in [0.2, 0.25) is 0 Å². The molecule has 1 atom stereocenters. The number of hydrogen-bond donors (Lipinski definition) is 2. The molecule has 0 radical (unpaired) electrons. The molecular weight excluding hydrogens is 373 g/mol. The summed E-state index contributed by atoms with van der Waals surface area (Å²) < 4.78 is 24.2. The zero-order valence-electron chi connectivity index (χ0n) is 16.9. The lowest BCUT2D eigenvalue weighted by molar-refractivity contribution is 0.0170. The SMILES string of the molecule is CN=C(NCc1cccnc1OC)NCC(c1ccc(F)cc1)N1CCOCC1. The van der Waals surface area contributed by atoms with Crippen LogP contribution in [-0.4, -0.2) is 62.8 Å². The highest BCUT2D eigenvalue weighted by molar-refractivity contribution is 5.79. The van der Waals surface area contributed by atoms with Crippen LogP contribution in [0.3, 0.4) is 0 Å². The molecule has 1 aromatic heterocycles. The summed E-state index contributed by atoms with van der Waals surface area (Å²) in [6.45, 7) is 4.24. The second-order valence-corrected chi connectivity index (χ2v) is 6.69. The van der Waals surface area contributed by atoms with Crippen LogP contribution in [0.15, 0.2) is 47.6 Å². The van der Waals surface area contributed by atoms with Crippen molar-refractivity contribution in [2.45, 2.75) is 12.6 Å². The van der Waals surface area contributed by atoms with Gasteiger partial charge >= 0.3 is 0 Å². The minimum absolute atomic E-state index is 0.0889. The quantitative estimate of drug-likeness (QED) is 0.546. The van der Waals surface area contributed by atoms with Crippen molar-refractivity contribution in [1.29, 1.82) is 0 Å². The molecular formula is C21H28FN5O2. The Morgan fingerprint density at radius 3 is 2.69 bits per heavy atom. The van der Waals surface area contributed by atoms with E-state index in [1.165, 1.54) is 12.1 Å². The van der Waals surface area contributed by atoms with Crippen LogP contribution in [-0.2, 0) is 11.3 Å². The maximum Gasteiger partial charge on any atom is 0.218 e. The molecule has 1 saturated heterocycles. The maximum atomic E-state index is 13.4. The van der Waals surface area contributed by atoms with Crippen molar-refractivity contribution in [3.05, 3.63) is 59.5 Å². The van der Waals surface area contributed by atoms with Crippen LogP contribution in [0, 0.1) is 5.82 Å². The number of pyridine rings is 1. The van der Waals surface area contributed by atoms with Gasteiger partial charge in [0.2, 0.25) is 5.88 Å². The number of aliphatic imine (C=N–C) groups is 1. The Bertz CT molecular complexity index is 794. The molecule has 1 aromatic carbocycles. The Hall–Kier alpha value is -2.71. The third-order valence-corrected chi connectivity index (χ3v) is 4.92. The second kappa shape index (κ2) is 10.7. The van der Waals surface area contributed by atoms with E-state index in [9.17, 15) is 4.39 Å². The number of rotatable bonds is 7. The first-order valence-electron chi connectivity index (χ1n) is 9.71. The predicted octanol–water partition coefficient (Wildman–Crippen LogP) is 1.97. The molecule has 8 heteroatoms. The molecule has 1 unspecified atom stereocenters. The van der Waals surface area contributed by atoms with E-state index in [2.05, 4.69) is 25.5 Å². The Balaban J connectivity index is 1.64. The topological polar surface area (TPSA) is 71.0 Å². The number of nitrogens with zero attached hydrogens (tertiary/aromatic N) is 3. The summed E-state index contributed by atoms with van der Waals surface area (Å²) in [7, 11) is 3.34. The first-order valence-corrected chi connectivity index (χ1v) is 9.71. The van der Waals surface area contributed by atoms with Gasteiger partial charge in [-0.25, -0.2) is 9.37 Å². The van der Waals surface area contributed by atoms with Crippen LogP contribution in [0.5, 0.6) is 5.88 Å². The van der Waals surface area contributed by atoms with Crippen molar-refractivity contribution < 1.29 is 13.9 Å². The van der Waals surface area contributed by atoms with E-state index in [4.69, 9.17) is 9.47 Å². The molecule has 1 aliphatic heterocycles. The van der Waals surface area contributed by atoms with Crippen LogP contribution in [0.4, 0.5) is 4.39 Å². The summed E-state index contributed by atoms with van der Waals surface area (Å²) in [6, 6.07) is 10.6. The number of morpholine rings is 1. The molecule has 0 spiro atoms. The molecule has 29 heavy (non-hydrogen) atoms. The molecule has 1 aliphatic rings. The summed E-state index contributed by atoms with van der Waals surface area (Å²) in [5.41, 5.74) is 2.01. The minimum Gasteiger partial charge on any atom is -0.481 e. The van der Waals surface area contributed by atoms with Gasteiger partial charge in [-0.05, 0) is 23.8 Å². The number of guanidine groups is 1. The lowest BCUT2D eigenvalue weighted by Crippen LogP contribution is -2.46. The number of aromatic nitrogens is 1. The number of hydrogen-bond acceptors (Lipinski definition) is 5. The molecule has 0 saturated carbocycles. The highest BCUT2D eigenvalue weighted by Gasteiger charge is 2.23. The lowest BCUT2D eigenvalue weighted by Gasteiger charge is -2.35. The monoisotopic (exact) mass is 401 g/mol. The summed E-state index contributed by atoms with van der Waals surface area (Å²) in [4.78, 5) is 10.9. The summed E-state index contributed by atoms with van der Waals surface area (Å²) in [6.07, 6.45) is 1.70. The summed E-state index contributed by atoms with van der Waals surface area (Å²) >= 11 is 0. The molecule has 2 heterocycles. The van der Waals surface area contributed by atoms with Crippen molar-refractivity contribution in [1.82, 2.24) is 20.5 Å². The van der Waals surface area contributed by atoms with Gasteiger partial charge in [0, 0.05) is 45.0 Å². The van der Waals surface area contributed by atoms with Gasteiger partial charge in [0.15, 0.2) is 5.96 Å². The summed E-state index contributed by atoms with van der Waals surface area (Å²) in [5, 5.41) is 6.68. The van der Waals surface area contributed by atoms with Crippen LogP contribution in [0.1, 0.15) is 17.2 Å². The molecule has 0 amide bonds. The number of methoxy groups -OCH3 is 1. The van der Waals surface area contributed by atoms with E-state index in [0.29, 0.717) is 38.1 Å². The van der Waals surface area contributed by atoms with Crippen molar-refractivity contribution >= 4 is 5.96 Å². The normalized spacial score (nSPS) is 16.3. The van der Waals surface area contributed by atoms with Gasteiger partial charge in [0.25, 0.3) is 0 Å². The van der Waals surface area contributed by atoms with Gasteiger partial charge in [-0.3, -0.25) is 9.89 Å². The largest absolute Gasteiger partial charge is 0.481 e. The molecule has 2 N–H and O–H groups in total. The Kier molecular flexibility index (Phi) is 7.77. The molecule has 7 nitrogen and oxygen atoms in total. The van der Waals surface area contributed by atoms with Crippen molar-refractivity contribution in [3.63, 3.8) is 0 Å². The predicted molar refractivity (Wildman–Crippen MR) is 111 cm³/mol. The van der Waals surface area contributed by atoms with E-state index >= 15 is 0 Å². The van der Waals surface area contributed by atoms with Gasteiger partial charge < -0.3 is 20.1 Å². The van der Waals surface area contributed by atoms with E-state index in [0.717, 1.165) is 24.2 Å². The standard InChI is InChI=1S/C21H28FN5O2/c1-23-21(25-14-17-4-3-9-24-20(17)28-2)26-15-19(27-10-12-29-13-11-27)16-5-7-18(22)8-6-16/h3-9,19H,10-15H2,1-2H3,(H2,23,25,26). The molecule has 2 aromatic rings. The zero-order chi connectivity index (χ0) is 20.5. The maximum absolute atomic E-state index is 13.4. The fraction of sp³-hybridized carbons (Fsp3) is 0.429. The third kappa shape index (κ3) is 5.88. The molecule has 0 bridgehead atoms. The fourth-order valence-electron chi connectivity index (χ4n) is 3.37. The number of benzene rings is 1. The molecule has 3 rings (SSSR count). The van der Waals surface area contributed by atoms with E-state index in [1.807, 2.05) is 24.3 Å². The average molecular weight is 401 g/mol. The number of nitrogens with one attached hydrogen (secondary N) is 2. The van der Waals surface area contributed by atoms with E-state index in [-0.39, 0.29) is 11.9 Å². The van der Waals surface area contributed by atoms with Crippen molar-refractivity contribution in [3.8, 4) is 5.88 Å². The smallest absolute Gasteiger partial charge is 0.218 e. The van der Waals surface area contributed by atoms with Crippen LogP contribution >= 0.6 is 0 Å². The highest BCUT2D eigenvalue weighted by atomic mass is 19.1. The van der Waals surface area contributed by atoms with Gasteiger partial charge in [-0.15, -0.1) is 0 Å². The van der Waals surface area contributed by atoms with Gasteiger partial charge in [0.05, 0.1) is 26.4 Å². The summed E-state index contributed by atoms with van der Waals surface area (Å²) in [5.74, 6) is 1.04. The highest BCUT2D eigenvalue weighted by Crippen LogP contribution is 2.21.